The molecule has 0 radical (unpaired) electrons. The van der Waals surface area contributed by atoms with E-state index < -0.39 is 0 Å². The van der Waals surface area contributed by atoms with Crippen LogP contribution in [-0.2, 0) is 17.6 Å². The predicted molar refractivity (Wildman–Crippen MR) is 123 cm³/mol. The maximum atomic E-state index is 10.9. The third-order valence-electron chi connectivity index (χ3n) is 5.43. The Morgan fingerprint density at radius 3 is 2.07 bits per heavy atom. The number of hydrogen-bond acceptors (Lipinski definition) is 1. The van der Waals surface area contributed by atoms with Gasteiger partial charge in [-0.3, -0.25) is 4.79 Å². The van der Waals surface area contributed by atoms with Crippen molar-refractivity contribution in [1.82, 2.24) is 0 Å². The Hall–Kier alpha value is -2.15. The molecule has 2 rings (SSSR count). The molecule has 0 fully saturated rings. The van der Waals surface area contributed by atoms with E-state index in [1.54, 1.807) is 6.08 Å². The van der Waals surface area contributed by atoms with Crippen LogP contribution in [-0.4, -0.2) is 6.29 Å². The van der Waals surface area contributed by atoms with Crippen molar-refractivity contribution in [3.63, 3.8) is 0 Å². The fraction of sp³-hybridized carbons (Fsp3) is 0.444. The van der Waals surface area contributed by atoms with Crippen molar-refractivity contribution in [2.75, 3.05) is 0 Å². The van der Waals surface area contributed by atoms with E-state index in [1.165, 1.54) is 79.2 Å². The lowest BCUT2D eigenvalue weighted by Gasteiger charge is -2.19. The maximum absolute atomic E-state index is 10.9. The standard InChI is InChI=1S/C27H36O/c1-3-5-7-10-17-25-21-20-23(18-14-22-28)26(19-13-8-6-4-2)27(25)24-15-11-9-12-16-24/h9,11-12,14-16,18,20-22H,3-8,10,13,17,19H2,1-2H3. The lowest BCUT2D eigenvalue weighted by Crippen LogP contribution is -2.01. The number of benzene rings is 2. The molecular weight excluding hydrogens is 340 g/mol. The van der Waals surface area contributed by atoms with Crippen molar-refractivity contribution in [2.24, 2.45) is 0 Å². The third kappa shape index (κ3) is 6.78. The second-order valence-electron chi connectivity index (χ2n) is 7.65. The molecule has 0 unspecified atom stereocenters. The first-order chi connectivity index (χ1) is 13.8. The molecule has 0 spiro atoms. The highest BCUT2D eigenvalue weighted by Gasteiger charge is 2.14. The normalized spacial score (nSPS) is 11.2. The minimum Gasteiger partial charge on any atom is -0.299 e. The molecule has 0 aliphatic rings. The minimum absolute atomic E-state index is 0.877. The van der Waals surface area contributed by atoms with E-state index >= 15 is 0 Å². The van der Waals surface area contributed by atoms with Crippen LogP contribution in [0.3, 0.4) is 0 Å². The van der Waals surface area contributed by atoms with Crippen molar-refractivity contribution in [3.05, 3.63) is 65.2 Å². The Labute approximate surface area is 171 Å². The number of allylic oxidation sites excluding steroid dienone is 1. The fourth-order valence-corrected chi connectivity index (χ4v) is 3.92. The van der Waals surface area contributed by atoms with Gasteiger partial charge in [-0.15, -0.1) is 0 Å². The highest BCUT2D eigenvalue weighted by atomic mass is 16.1. The first-order valence-electron chi connectivity index (χ1n) is 11.1. The Morgan fingerprint density at radius 2 is 1.43 bits per heavy atom. The van der Waals surface area contributed by atoms with Gasteiger partial charge in [-0.1, -0.05) is 101 Å². The molecule has 0 bridgehead atoms. The van der Waals surface area contributed by atoms with Gasteiger partial charge in [-0.05, 0) is 59.6 Å². The summed E-state index contributed by atoms with van der Waals surface area (Å²) < 4.78 is 0. The molecule has 1 nitrogen and oxygen atoms in total. The highest BCUT2D eigenvalue weighted by molar-refractivity contribution is 5.80. The maximum Gasteiger partial charge on any atom is 0.142 e. The molecule has 0 aliphatic carbocycles. The SMILES string of the molecule is CCCCCCc1ccc(C=CC=O)c(CCCCCC)c1-c1ccccc1. The lowest BCUT2D eigenvalue weighted by atomic mass is 9.86. The van der Waals surface area contributed by atoms with Crippen LogP contribution in [0.5, 0.6) is 0 Å². The minimum atomic E-state index is 0.877. The molecule has 2 aromatic rings. The molecule has 28 heavy (non-hydrogen) atoms. The van der Waals surface area contributed by atoms with Crippen LogP contribution < -0.4 is 0 Å². The molecule has 0 heterocycles. The molecule has 0 aliphatic heterocycles. The Kier molecular flexibility index (Phi) is 10.4. The van der Waals surface area contributed by atoms with Crippen LogP contribution in [0.1, 0.15) is 81.9 Å². The number of aldehydes is 1. The summed E-state index contributed by atoms with van der Waals surface area (Å²) in [6.45, 7) is 4.52. The zero-order chi connectivity index (χ0) is 20.0. The Balaban J connectivity index is 2.43. The number of aryl methyl sites for hydroxylation is 1. The van der Waals surface area contributed by atoms with Crippen LogP contribution in [0.4, 0.5) is 0 Å². The average Bonchev–Trinajstić information content (AvgIpc) is 2.74. The third-order valence-corrected chi connectivity index (χ3v) is 5.43. The van der Waals surface area contributed by atoms with Gasteiger partial charge in [-0.2, -0.15) is 0 Å². The van der Waals surface area contributed by atoms with Gasteiger partial charge in [0.25, 0.3) is 0 Å². The van der Waals surface area contributed by atoms with Gasteiger partial charge in [0.15, 0.2) is 0 Å². The van der Waals surface area contributed by atoms with Crippen LogP contribution in [0.25, 0.3) is 17.2 Å². The predicted octanol–water partition coefficient (Wildman–Crippen LogP) is 7.81. The summed E-state index contributed by atoms with van der Waals surface area (Å²) in [6, 6.07) is 15.3. The Bertz CT molecular complexity index is 727. The fourth-order valence-electron chi connectivity index (χ4n) is 3.92. The number of hydrogen-bond donors (Lipinski definition) is 0. The lowest BCUT2D eigenvalue weighted by molar-refractivity contribution is -0.104. The molecule has 0 atom stereocenters. The van der Waals surface area contributed by atoms with Gasteiger partial charge < -0.3 is 0 Å². The molecule has 150 valence electrons. The second-order valence-corrected chi connectivity index (χ2v) is 7.65. The van der Waals surface area contributed by atoms with E-state index in [2.05, 4.69) is 56.3 Å². The second kappa shape index (κ2) is 13.1. The molecule has 0 amide bonds. The molecule has 1 heteroatoms. The molecule has 0 aromatic heterocycles. The van der Waals surface area contributed by atoms with Gasteiger partial charge in [0.2, 0.25) is 0 Å². The summed E-state index contributed by atoms with van der Waals surface area (Å²) in [6.07, 6.45) is 16.8. The molecular formula is C27H36O. The first-order valence-corrected chi connectivity index (χ1v) is 11.1. The summed E-state index contributed by atoms with van der Waals surface area (Å²) in [7, 11) is 0. The summed E-state index contributed by atoms with van der Waals surface area (Å²) >= 11 is 0. The van der Waals surface area contributed by atoms with E-state index in [1.807, 2.05) is 6.08 Å². The van der Waals surface area contributed by atoms with E-state index in [4.69, 9.17) is 0 Å². The first kappa shape index (κ1) is 22.1. The smallest absolute Gasteiger partial charge is 0.142 e. The van der Waals surface area contributed by atoms with Crippen molar-refractivity contribution >= 4 is 12.4 Å². The average molecular weight is 377 g/mol. The van der Waals surface area contributed by atoms with Crippen molar-refractivity contribution in [3.8, 4) is 11.1 Å². The van der Waals surface area contributed by atoms with E-state index in [0.717, 1.165) is 19.1 Å². The number of rotatable bonds is 13. The van der Waals surface area contributed by atoms with Crippen LogP contribution in [0, 0.1) is 0 Å². The largest absolute Gasteiger partial charge is 0.299 e. The summed E-state index contributed by atoms with van der Waals surface area (Å²) in [5.74, 6) is 0. The van der Waals surface area contributed by atoms with E-state index in [-0.39, 0.29) is 0 Å². The number of carbonyl (C=O) groups is 1. The van der Waals surface area contributed by atoms with E-state index in [0.29, 0.717) is 0 Å². The van der Waals surface area contributed by atoms with Gasteiger partial charge in [0, 0.05) is 0 Å². The van der Waals surface area contributed by atoms with Crippen LogP contribution in [0.15, 0.2) is 48.5 Å². The van der Waals surface area contributed by atoms with Gasteiger partial charge in [-0.25, -0.2) is 0 Å². The summed E-state index contributed by atoms with van der Waals surface area (Å²) in [5, 5.41) is 0. The van der Waals surface area contributed by atoms with Crippen molar-refractivity contribution in [1.29, 1.82) is 0 Å². The van der Waals surface area contributed by atoms with Gasteiger partial charge >= 0.3 is 0 Å². The Morgan fingerprint density at radius 1 is 0.750 bits per heavy atom. The van der Waals surface area contributed by atoms with Crippen LogP contribution >= 0.6 is 0 Å². The quantitative estimate of drug-likeness (QED) is 0.198. The number of carbonyl (C=O) groups excluding carboxylic acids is 1. The van der Waals surface area contributed by atoms with E-state index in [9.17, 15) is 4.79 Å². The summed E-state index contributed by atoms with van der Waals surface area (Å²) in [5.41, 5.74) is 6.77. The number of unbranched alkanes of at least 4 members (excludes halogenated alkanes) is 6. The molecule has 0 saturated heterocycles. The zero-order valence-electron chi connectivity index (χ0n) is 17.8. The molecule has 2 aromatic carbocycles. The zero-order valence-corrected chi connectivity index (χ0v) is 17.8. The topological polar surface area (TPSA) is 17.1 Å². The van der Waals surface area contributed by atoms with Crippen molar-refractivity contribution in [2.45, 2.75) is 78.1 Å². The van der Waals surface area contributed by atoms with Gasteiger partial charge in [0.05, 0.1) is 0 Å². The van der Waals surface area contributed by atoms with Crippen LogP contribution in [0.2, 0.25) is 0 Å². The summed E-state index contributed by atoms with van der Waals surface area (Å²) in [4.78, 5) is 10.9. The van der Waals surface area contributed by atoms with Crippen molar-refractivity contribution < 1.29 is 4.79 Å². The molecule has 0 N–H and O–H groups in total. The monoisotopic (exact) mass is 376 g/mol. The molecule has 0 saturated carbocycles. The van der Waals surface area contributed by atoms with Gasteiger partial charge in [0.1, 0.15) is 6.29 Å². The highest BCUT2D eigenvalue weighted by Crippen LogP contribution is 2.33.